The second-order valence-electron chi connectivity index (χ2n) is 5.47. The van der Waals surface area contributed by atoms with E-state index in [0.29, 0.717) is 6.54 Å². The molecule has 1 aliphatic rings. The summed E-state index contributed by atoms with van der Waals surface area (Å²) in [7, 11) is 2.05. The lowest BCUT2D eigenvalue weighted by Gasteiger charge is -2.29. The third-order valence-corrected chi connectivity index (χ3v) is 3.89. The van der Waals surface area contributed by atoms with E-state index in [1.807, 2.05) is 12.1 Å². The van der Waals surface area contributed by atoms with Gasteiger partial charge in [-0.05, 0) is 37.8 Å². The highest BCUT2D eigenvalue weighted by molar-refractivity contribution is 5.97. The molecule has 0 aliphatic heterocycles. The van der Waals surface area contributed by atoms with Crippen LogP contribution < -0.4 is 0 Å². The average Bonchev–Trinajstić information content (AvgIpc) is 2.34. The van der Waals surface area contributed by atoms with Gasteiger partial charge in [-0.3, -0.25) is 9.69 Å². The molecule has 0 amide bonds. The molecule has 2 rings (SSSR count). The number of carbonyl (C=O) groups excluding carboxylic acids is 1. The summed E-state index contributed by atoms with van der Waals surface area (Å²) in [5, 5.41) is 0. The standard InChI is InChI=1S/C16H23NO/c1-3-13-7-9-15(10-8-13)16(18)12-17(2)11-14-5-4-6-14/h7-10,14H,3-6,11-12H2,1-2H3. The Labute approximate surface area is 110 Å². The minimum Gasteiger partial charge on any atom is -0.299 e. The van der Waals surface area contributed by atoms with E-state index in [0.717, 1.165) is 24.4 Å². The molecule has 0 unspecified atom stereocenters. The van der Waals surface area contributed by atoms with Crippen LogP contribution in [0.4, 0.5) is 0 Å². The lowest BCUT2D eigenvalue weighted by molar-refractivity contribution is 0.0925. The Hall–Kier alpha value is -1.15. The number of Topliss-reactive ketones (excluding diaryl/α,β-unsaturated/α-hetero) is 1. The molecule has 0 aromatic heterocycles. The van der Waals surface area contributed by atoms with Gasteiger partial charge in [-0.15, -0.1) is 0 Å². The van der Waals surface area contributed by atoms with Crippen molar-refractivity contribution in [2.45, 2.75) is 32.6 Å². The number of rotatable bonds is 6. The summed E-state index contributed by atoms with van der Waals surface area (Å²) < 4.78 is 0. The second kappa shape index (κ2) is 6.14. The fourth-order valence-electron chi connectivity index (χ4n) is 2.44. The van der Waals surface area contributed by atoms with E-state index in [1.165, 1.54) is 24.8 Å². The van der Waals surface area contributed by atoms with Crippen LogP contribution in [0, 0.1) is 5.92 Å². The Kier molecular flexibility index (Phi) is 4.54. The molecule has 1 aliphatic carbocycles. The van der Waals surface area contributed by atoms with Crippen LogP contribution in [0.5, 0.6) is 0 Å². The molecule has 1 saturated carbocycles. The molecule has 1 aromatic rings. The highest BCUT2D eigenvalue weighted by atomic mass is 16.1. The average molecular weight is 245 g/mol. The number of hydrogen-bond donors (Lipinski definition) is 0. The molecule has 98 valence electrons. The van der Waals surface area contributed by atoms with Crippen molar-refractivity contribution in [3.05, 3.63) is 35.4 Å². The van der Waals surface area contributed by atoms with Crippen molar-refractivity contribution in [1.29, 1.82) is 0 Å². The van der Waals surface area contributed by atoms with Gasteiger partial charge in [0.2, 0.25) is 0 Å². The van der Waals surface area contributed by atoms with Crippen LogP contribution in [0.25, 0.3) is 0 Å². The number of ketones is 1. The van der Waals surface area contributed by atoms with Gasteiger partial charge in [0.15, 0.2) is 5.78 Å². The monoisotopic (exact) mass is 245 g/mol. The van der Waals surface area contributed by atoms with Crippen molar-refractivity contribution in [2.24, 2.45) is 5.92 Å². The molecule has 1 fully saturated rings. The summed E-state index contributed by atoms with van der Waals surface area (Å²) in [6, 6.07) is 8.02. The van der Waals surface area contributed by atoms with Crippen LogP contribution >= 0.6 is 0 Å². The number of benzene rings is 1. The van der Waals surface area contributed by atoms with Crippen molar-refractivity contribution in [2.75, 3.05) is 20.1 Å². The highest BCUT2D eigenvalue weighted by Crippen LogP contribution is 2.26. The largest absolute Gasteiger partial charge is 0.299 e. The molecular weight excluding hydrogens is 222 g/mol. The van der Waals surface area contributed by atoms with Crippen LogP contribution in [-0.4, -0.2) is 30.8 Å². The zero-order valence-electron chi connectivity index (χ0n) is 11.5. The van der Waals surface area contributed by atoms with Gasteiger partial charge in [-0.1, -0.05) is 37.6 Å². The number of likely N-dealkylation sites (N-methyl/N-ethyl adjacent to an activating group) is 1. The molecule has 1 aromatic carbocycles. The van der Waals surface area contributed by atoms with Crippen LogP contribution in [0.15, 0.2) is 24.3 Å². The van der Waals surface area contributed by atoms with Gasteiger partial charge in [-0.25, -0.2) is 0 Å². The fourth-order valence-corrected chi connectivity index (χ4v) is 2.44. The minimum atomic E-state index is 0.236. The first-order valence-electron chi connectivity index (χ1n) is 6.99. The summed E-state index contributed by atoms with van der Waals surface area (Å²) in [6.07, 6.45) is 5.06. The van der Waals surface area contributed by atoms with E-state index >= 15 is 0 Å². The summed E-state index contributed by atoms with van der Waals surface area (Å²) in [5.74, 6) is 1.06. The fraction of sp³-hybridized carbons (Fsp3) is 0.562. The molecule has 2 heteroatoms. The molecule has 0 N–H and O–H groups in total. The molecule has 0 heterocycles. The van der Waals surface area contributed by atoms with Gasteiger partial charge in [0.1, 0.15) is 0 Å². The molecule has 0 saturated heterocycles. The van der Waals surface area contributed by atoms with Crippen molar-refractivity contribution in [1.82, 2.24) is 4.90 Å². The molecule has 0 radical (unpaired) electrons. The maximum atomic E-state index is 12.1. The summed E-state index contributed by atoms with van der Waals surface area (Å²) in [6.45, 7) is 3.74. The summed E-state index contributed by atoms with van der Waals surface area (Å²) in [4.78, 5) is 14.3. The third-order valence-electron chi connectivity index (χ3n) is 3.89. The topological polar surface area (TPSA) is 20.3 Å². The van der Waals surface area contributed by atoms with Crippen LogP contribution in [0.1, 0.15) is 42.1 Å². The van der Waals surface area contributed by atoms with E-state index in [2.05, 4.69) is 31.0 Å². The molecule has 18 heavy (non-hydrogen) atoms. The minimum absolute atomic E-state index is 0.236. The van der Waals surface area contributed by atoms with Crippen LogP contribution in [0.2, 0.25) is 0 Å². The van der Waals surface area contributed by atoms with E-state index in [1.54, 1.807) is 0 Å². The van der Waals surface area contributed by atoms with Crippen LogP contribution in [-0.2, 0) is 6.42 Å². The molecular formula is C16H23NO. The van der Waals surface area contributed by atoms with Gasteiger partial charge >= 0.3 is 0 Å². The summed E-state index contributed by atoms with van der Waals surface area (Å²) in [5.41, 5.74) is 2.13. The predicted molar refractivity (Wildman–Crippen MR) is 75.0 cm³/mol. The number of hydrogen-bond acceptors (Lipinski definition) is 2. The Bertz CT molecular complexity index is 392. The van der Waals surface area contributed by atoms with E-state index < -0.39 is 0 Å². The van der Waals surface area contributed by atoms with Crippen molar-refractivity contribution >= 4 is 5.78 Å². The van der Waals surface area contributed by atoms with Crippen molar-refractivity contribution < 1.29 is 4.79 Å². The maximum Gasteiger partial charge on any atom is 0.176 e. The Morgan fingerprint density at radius 1 is 1.28 bits per heavy atom. The van der Waals surface area contributed by atoms with Gasteiger partial charge in [0.25, 0.3) is 0 Å². The van der Waals surface area contributed by atoms with Crippen molar-refractivity contribution in [3.8, 4) is 0 Å². The number of nitrogens with zero attached hydrogens (tertiary/aromatic N) is 1. The lowest BCUT2D eigenvalue weighted by Crippen LogP contribution is -2.33. The highest BCUT2D eigenvalue weighted by Gasteiger charge is 2.20. The van der Waals surface area contributed by atoms with Gasteiger partial charge in [0.05, 0.1) is 6.54 Å². The number of carbonyl (C=O) groups is 1. The lowest BCUT2D eigenvalue weighted by atomic mass is 9.85. The Morgan fingerprint density at radius 2 is 1.94 bits per heavy atom. The first-order valence-corrected chi connectivity index (χ1v) is 6.99. The molecule has 2 nitrogen and oxygen atoms in total. The number of aryl methyl sites for hydroxylation is 1. The normalized spacial score (nSPS) is 15.7. The molecule has 0 atom stereocenters. The first-order chi connectivity index (χ1) is 8.69. The smallest absolute Gasteiger partial charge is 0.176 e. The third kappa shape index (κ3) is 3.42. The van der Waals surface area contributed by atoms with Gasteiger partial charge < -0.3 is 0 Å². The van der Waals surface area contributed by atoms with E-state index in [-0.39, 0.29) is 5.78 Å². The van der Waals surface area contributed by atoms with E-state index in [9.17, 15) is 4.79 Å². The summed E-state index contributed by atoms with van der Waals surface area (Å²) >= 11 is 0. The van der Waals surface area contributed by atoms with E-state index in [4.69, 9.17) is 0 Å². The quantitative estimate of drug-likeness (QED) is 0.718. The van der Waals surface area contributed by atoms with Gasteiger partial charge in [0, 0.05) is 12.1 Å². The SMILES string of the molecule is CCc1ccc(C(=O)CN(C)CC2CCC2)cc1. The second-order valence-corrected chi connectivity index (χ2v) is 5.47. The Morgan fingerprint density at radius 3 is 2.44 bits per heavy atom. The zero-order valence-corrected chi connectivity index (χ0v) is 11.5. The Balaban J connectivity index is 1.85. The molecule has 0 spiro atoms. The first kappa shape index (κ1) is 13.3. The van der Waals surface area contributed by atoms with Gasteiger partial charge in [-0.2, -0.15) is 0 Å². The van der Waals surface area contributed by atoms with Crippen molar-refractivity contribution in [3.63, 3.8) is 0 Å². The van der Waals surface area contributed by atoms with Crippen LogP contribution in [0.3, 0.4) is 0 Å². The predicted octanol–water partition coefficient (Wildman–Crippen LogP) is 3.16. The molecule has 0 bridgehead atoms. The zero-order chi connectivity index (χ0) is 13.0. The maximum absolute atomic E-state index is 12.1.